The fraction of sp³-hybridized carbons (Fsp3) is 0.600. The summed E-state index contributed by atoms with van der Waals surface area (Å²) in [5.41, 5.74) is 0. The summed E-state index contributed by atoms with van der Waals surface area (Å²) >= 11 is 0. The number of ether oxygens (including phenoxy) is 2. The van der Waals surface area contributed by atoms with E-state index in [0.29, 0.717) is 6.61 Å². The average molecular weight is 235 g/mol. The van der Waals surface area contributed by atoms with Crippen molar-refractivity contribution in [3.63, 3.8) is 0 Å². The van der Waals surface area contributed by atoms with Gasteiger partial charge in [-0.25, -0.2) is 4.79 Å². The Morgan fingerprint density at radius 3 is 1.94 bits per heavy atom. The lowest BCUT2D eigenvalue weighted by Crippen LogP contribution is -2.13. The molecule has 0 heterocycles. The predicted molar refractivity (Wildman–Crippen MR) is 60.9 cm³/mol. The first-order valence-corrected chi connectivity index (χ1v) is 4.54. The summed E-state index contributed by atoms with van der Waals surface area (Å²) in [4.78, 5) is 19.9. The predicted octanol–water partition coefficient (Wildman–Crippen LogP) is -0.277. The number of carbonyl (C=O) groups excluding carboxylic acids is 2. The maximum atomic E-state index is 9.95. The van der Waals surface area contributed by atoms with Crippen LogP contribution in [0.3, 0.4) is 0 Å². The molecule has 0 radical (unpaired) electrons. The summed E-state index contributed by atoms with van der Waals surface area (Å²) in [7, 11) is 4.81. The molecule has 0 saturated carbocycles. The molecule has 0 aliphatic heterocycles. The highest BCUT2D eigenvalue weighted by Crippen LogP contribution is 1.71. The van der Waals surface area contributed by atoms with E-state index in [0.717, 1.165) is 0 Å². The number of carbonyl (C=O) groups is 2. The number of aliphatic hydroxyl groups is 1. The van der Waals surface area contributed by atoms with Crippen molar-refractivity contribution in [3.05, 3.63) is 12.7 Å². The van der Waals surface area contributed by atoms with E-state index >= 15 is 0 Å². The molecule has 0 aliphatic carbocycles. The summed E-state index contributed by atoms with van der Waals surface area (Å²) in [5.74, 6) is -0.711. The molecule has 0 fully saturated rings. The van der Waals surface area contributed by atoms with Crippen molar-refractivity contribution in [1.29, 1.82) is 0 Å². The first-order chi connectivity index (χ1) is 7.53. The Morgan fingerprint density at radius 1 is 1.44 bits per heavy atom. The van der Waals surface area contributed by atoms with Gasteiger partial charge in [-0.15, -0.1) is 0 Å². The number of esters is 1. The number of nitrogens with one attached hydrogen (secondary N) is 1. The number of rotatable bonds is 3. The molecule has 2 N–H and O–H groups in total. The van der Waals surface area contributed by atoms with Crippen LogP contribution in [0.5, 0.6) is 0 Å². The lowest BCUT2D eigenvalue weighted by molar-refractivity contribution is -0.146. The maximum absolute atomic E-state index is 9.95. The topological polar surface area (TPSA) is 84.9 Å². The van der Waals surface area contributed by atoms with Crippen LogP contribution in [-0.2, 0) is 19.1 Å². The number of hydrogen-bond donors (Lipinski definition) is 2. The van der Waals surface area contributed by atoms with Gasteiger partial charge in [0.1, 0.15) is 6.61 Å². The fourth-order valence-electron chi connectivity index (χ4n) is 0.309. The Hall–Kier alpha value is -1.40. The van der Waals surface area contributed by atoms with E-state index < -0.39 is 12.6 Å². The van der Waals surface area contributed by atoms with Crippen LogP contribution < -0.4 is 5.32 Å². The first kappa shape index (κ1) is 20.1. The first-order valence-electron chi connectivity index (χ1n) is 4.54. The molecule has 0 atom stereocenters. The summed E-state index contributed by atoms with van der Waals surface area (Å²) in [6.45, 7) is 4.72. The Morgan fingerprint density at radius 2 is 1.88 bits per heavy atom. The number of amides is 1. The zero-order valence-corrected chi connectivity index (χ0v) is 10.3. The highest BCUT2D eigenvalue weighted by molar-refractivity contribution is 5.86. The number of aliphatic hydroxyl groups excluding tert-OH is 1. The van der Waals surface area contributed by atoms with Gasteiger partial charge in [0.15, 0.2) is 0 Å². The zero-order valence-electron chi connectivity index (χ0n) is 10.3. The third-order valence-electron chi connectivity index (χ3n) is 0.866. The molecule has 0 aliphatic rings. The molecule has 0 rings (SSSR count). The largest absolute Gasteiger partial charge is 0.464 e. The summed E-state index contributed by atoms with van der Waals surface area (Å²) in [6, 6.07) is 0. The molecule has 0 saturated heterocycles. The van der Waals surface area contributed by atoms with Gasteiger partial charge in [-0.2, -0.15) is 0 Å². The molecule has 0 aromatic rings. The van der Waals surface area contributed by atoms with E-state index in [1.54, 1.807) is 28.2 Å². The van der Waals surface area contributed by atoms with Gasteiger partial charge in [0.2, 0.25) is 5.91 Å². The van der Waals surface area contributed by atoms with Crippen LogP contribution in [0.1, 0.15) is 6.92 Å². The minimum atomic E-state index is -0.567. The third kappa shape index (κ3) is 29.4. The van der Waals surface area contributed by atoms with Gasteiger partial charge in [0.05, 0.1) is 6.61 Å². The monoisotopic (exact) mass is 235 g/mol. The van der Waals surface area contributed by atoms with E-state index in [9.17, 15) is 9.59 Å². The molecular formula is C10H21NO5. The van der Waals surface area contributed by atoms with Crippen molar-refractivity contribution >= 4 is 11.9 Å². The van der Waals surface area contributed by atoms with E-state index in [1.165, 1.54) is 6.08 Å². The Kier molecular flexibility index (Phi) is 24.1. The molecule has 16 heavy (non-hydrogen) atoms. The van der Waals surface area contributed by atoms with Crippen molar-refractivity contribution in [1.82, 2.24) is 5.32 Å². The molecule has 0 aromatic carbocycles. The van der Waals surface area contributed by atoms with Crippen molar-refractivity contribution in [2.24, 2.45) is 0 Å². The van der Waals surface area contributed by atoms with Crippen LogP contribution in [0, 0.1) is 0 Å². The molecular weight excluding hydrogens is 214 g/mol. The molecule has 0 aromatic heterocycles. The van der Waals surface area contributed by atoms with Crippen LogP contribution in [0.25, 0.3) is 0 Å². The lowest BCUT2D eigenvalue weighted by Gasteiger charge is -1.93. The number of methoxy groups -OCH3 is 1. The molecule has 6 nitrogen and oxygen atoms in total. The summed E-state index contributed by atoms with van der Waals surface area (Å²) < 4.78 is 8.55. The van der Waals surface area contributed by atoms with Crippen molar-refractivity contribution < 1.29 is 24.2 Å². The van der Waals surface area contributed by atoms with Gasteiger partial charge in [-0.3, -0.25) is 4.79 Å². The standard InChI is InChI=1S/C4H7NO.C4H8O3.C2H6O/c1-3-4(6)5-2;1-2-7-4(6)3-5;1-3-2/h3H,1H2,2H3,(H,5,6);5H,2-3H2,1H3;1-2H3. The minimum absolute atomic E-state index is 0.144. The minimum Gasteiger partial charge on any atom is -0.464 e. The highest BCUT2D eigenvalue weighted by atomic mass is 16.5. The molecule has 6 heteroatoms. The van der Waals surface area contributed by atoms with E-state index in [-0.39, 0.29) is 5.91 Å². The lowest BCUT2D eigenvalue weighted by atomic mass is 10.6. The van der Waals surface area contributed by atoms with Crippen molar-refractivity contribution in [2.45, 2.75) is 6.92 Å². The Labute approximate surface area is 96.2 Å². The van der Waals surface area contributed by atoms with E-state index in [4.69, 9.17) is 5.11 Å². The smallest absolute Gasteiger partial charge is 0.331 e. The van der Waals surface area contributed by atoms with E-state index in [2.05, 4.69) is 21.4 Å². The Balaban J connectivity index is -0.000000172. The Bertz CT molecular complexity index is 182. The van der Waals surface area contributed by atoms with Crippen molar-refractivity contribution in [3.8, 4) is 0 Å². The zero-order chi connectivity index (χ0) is 13.4. The van der Waals surface area contributed by atoms with Crippen LogP contribution in [0.4, 0.5) is 0 Å². The van der Waals surface area contributed by atoms with Crippen LogP contribution >= 0.6 is 0 Å². The van der Waals surface area contributed by atoms with Crippen LogP contribution in [-0.4, -0.2) is 51.5 Å². The summed E-state index contributed by atoms with van der Waals surface area (Å²) in [5, 5.41) is 10.3. The molecule has 0 bridgehead atoms. The van der Waals surface area contributed by atoms with Gasteiger partial charge in [0.25, 0.3) is 0 Å². The maximum Gasteiger partial charge on any atom is 0.331 e. The second-order valence-electron chi connectivity index (χ2n) is 2.19. The SMILES string of the molecule is C=CC(=O)NC.CCOC(=O)CO.COC. The van der Waals surface area contributed by atoms with Gasteiger partial charge in [-0.1, -0.05) is 6.58 Å². The number of likely N-dealkylation sites (N-methyl/N-ethyl adjacent to an activating group) is 1. The summed E-state index contributed by atoms with van der Waals surface area (Å²) in [6.07, 6.45) is 1.22. The second-order valence-corrected chi connectivity index (χ2v) is 2.19. The normalized spacial score (nSPS) is 7.31. The molecule has 1 amide bonds. The molecule has 0 unspecified atom stereocenters. The second kappa shape index (κ2) is 19.2. The van der Waals surface area contributed by atoms with Gasteiger partial charge < -0.3 is 19.9 Å². The van der Waals surface area contributed by atoms with Gasteiger partial charge >= 0.3 is 5.97 Å². The highest BCUT2D eigenvalue weighted by Gasteiger charge is 1.92. The third-order valence-corrected chi connectivity index (χ3v) is 0.866. The fourth-order valence-corrected chi connectivity index (χ4v) is 0.309. The molecule has 0 spiro atoms. The molecule has 96 valence electrons. The quantitative estimate of drug-likeness (QED) is 0.519. The van der Waals surface area contributed by atoms with E-state index in [1.807, 2.05) is 0 Å². The average Bonchev–Trinajstić information content (AvgIpc) is 2.30. The van der Waals surface area contributed by atoms with Gasteiger partial charge in [-0.05, 0) is 13.0 Å². The van der Waals surface area contributed by atoms with Gasteiger partial charge in [0, 0.05) is 21.3 Å². The van der Waals surface area contributed by atoms with Crippen molar-refractivity contribution in [2.75, 3.05) is 34.5 Å². The number of hydrogen-bond acceptors (Lipinski definition) is 5. The van der Waals surface area contributed by atoms with Crippen LogP contribution in [0.15, 0.2) is 12.7 Å². The van der Waals surface area contributed by atoms with Crippen LogP contribution in [0.2, 0.25) is 0 Å².